The summed E-state index contributed by atoms with van der Waals surface area (Å²) in [6, 6.07) is 11.6. The van der Waals surface area contributed by atoms with Crippen molar-refractivity contribution in [3.8, 4) is 11.4 Å². The highest BCUT2D eigenvalue weighted by Gasteiger charge is 2.13. The Balaban J connectivity index is 2.10. The highest BCUT2D eigenvalue weighted by molar-refractivity contribution is 5.90. The van der Waals surface area contributed by atoms with Crippen LogP contribution in [-0.2, 0) is 4.74 Å². The van der Waals surface area contributed by atoms with Crippen molar-refractivity contribution >= 4 is 17.0 Å². The minimum Gasteiger partial charge on any atom is -0.506 e. The number of carbonyl (C=O) groups excluding carboxylic acids is 1. The predicted molar refractivity (Wildman–Crippen MR) is 76.1 cm³/mol. The topological polar surface area (TPSA) is 77.2 Å². The maximum absolute atomic E-state index is 11.7. The number of ether oxygens (including phenoxy) is 1. The molecule has 2 aromatic carbocycles. The van der Waals surface area contributed by atoms with Gasteiger partial charge in [-0.3, -0.25) is 0 Å². The van der Waals surface area contributed by atoms with Crippen LogP contribution in [0.25, 0.3) is 16.7 Å². The molecule has 0 fully saturated rings. The van der Waals surface area contributed by atoms with Crippen molar-refractivity contribution in [3.05, 3.63) is 60.9 Å². The van der Waals surface area contributed by atoms with E-state index in [1.54, 1.807) is 0 Å². The third kappa shape index (κ3) is 2.34. The van der Waals surface area contributed by atoms with Crippen molar-refractivity contribution in [2.45, 2.75) is 0 Å². The average molecular weight is 281 g/mol. The van der Waals surface area contributed by atoms with E-state index in [-0.39, 0.29) is 11.3 Å². The molecule has 1 N–H and O–H groups in total. The van der Waals surface area contributed by atoms with Gasteiger partial charge in [0.2, 0.25) is 0 Å². The molecule has 6 heteroatoms. The van der Waals surface area contributed by atoms with E-state index in [0.717, 1.165) is 6.26 Å². The van der Waals surface area contributed by atoms with Gasteiger partial charge in [-0.05, 0) is 30.3 Å². The van der Waals surface area contributed by atoms with Gasteiger partial charge in [0.05, 0.1) is 11.8 Å². The van der Waals surface area contributed by atoms with Crippen LogP contribution in [0.1, 0.15) is 10.4 Å². The molecule has 0 saturated heterocycles. The van der Waals surface area contributed by atoms with E-state index in [9.17, 15) is 9.90 Å². The van der Waals surface area contributed by atoms with Gasteiger partial charge in [0.15, 0.2) is 0 Å². The monoisotopic (exact) mass is 281 g/mol. The number of phenols is 1. The maximum atomic E-state index is 11.7. The summed E-state index contributed by atoms with van der Waals surface area (Å²) in [6.07, 6.45) is 1.05. The van der Waals surface area contributed by atoms with Crippen molar-refractivity contribution in [2.75, 3.05) is 0 Å². The second-order valence-electron chi connectivity index (χ2n) is 4.25. The van der Waals surface area contributed by atoms with Gasteiger partial charge in [-0.2, -0.15) is 0 Å². The first-order chi connectivity index (χ1) is 10.2. The smallest absolute Gasteiger partial charge is 0.342 e. The number of hydrogen-bond donors (Lipinski definition) is 1. The molecular weight excluding hydrogens is 270 g/mol. The third-order valence-electron chi connectivity index (χ3n) is 2.90. The maximum Gasteiger partial charge on any atom is 0.342 e. The summed E-state index contributed by atoms with van der Waals surface area (Å²) >= 11 is 0. The lowest BCUT2D eigenvalue weighted by molar-refractivity contribution is 0.0664. The largest absolute Gasteiger partial charge is 0.506 e. The van der Waals surface area contributed by atoms with Crippen molar-refractivity contribution in [1.82, 2.24) is 15.0 Å². The van der Waals surface area contributed by atoms with Crippen LogP contribution in [0.15, 0.2) is 55.3 Å². The van der Waals surface area contributed by atoms with E-state index in [2.05, 4.69) is 16.8 Å². The summed E-state index contributed by atoms with van der Waals surface area (Å²) in [5.41, 5.74) is 1.95. The molecule has 1 heterocycles. The van der Waals surface area contributed by atoms with Crippen LogP contribution in [0.5, 0.6) is 5.75 Å². The van der Waals surface area contributed by atoms with Gasteiger partial charge in [0.1, 0.15) is 22.5 Å². The molecule has 0 radical (unpaired) electrons. The molecule has 0 spiro atoms. The van der Waals surface area contributed by atoms with Crippen molar-refractivity contribution in [3.63, 3.8) is 0 Å². The molecule has 0 unspecified atom stereocenters. The van der Waals surface area contributed by atoms with Gasteiger partial charge in [0, 0.05) is 0 Å². The Kier molecular flexibility index (Phi) is 3.12. The number of aromatic nitrogens is 3. The number of aromatic hydroxyl groups is 1. The molecule has 1 aromatic heterocycles. The van der Waals surface area contributed by atoms with Crippen molar-refractivity contribution in [1.29, 1.82) is 0 Å². The summed E-state index contributed by atoms with van der Waals surface area (Å²) < 4.78 is 4.71. The van der Waals surface area contributed by atoms with Gasteiger partial charge in [-0.1, -0.05) is 18.7 Å². The Bertz CT molecular complexity index is 806. The number of carbonyl (C=O) groups is 1. The van der Waals surface area contributed by atoms with E-state index in [0.29, 0.717) is 16.7 Å². The fraction of sp³-hybridized carbons (Fsp3) is 0. The summed E-state index contributed by atoms with van der Waals surface area (Å²) in [5.74, 6) is -0.603. The van der Waals surface area contributed by atoms with Crippen LogP contribution in [0.2, 0.25) is 0 Å². The molecule has 0 bridgehead atoms. The SMILES string of the molecule is C=COC(=O)c1ccc(O)c(-n2nc3ccccc3n2)c1. The molecule has 0 aliphatic heterocycles. The Hall–Kier alpha value is -3.15. The van der Waals surface area contributed by atoms with Crippen LogP contribution in [0.3, 0.4) is 0 Å². The number of nitrogens with zero attached hydrogens (tertiary/aromatic N) is 3. The Morgan fingerprint density at radius 1 is 1.19 bits per heavy atom. The van der Waals surface area contributed by atoms with Crippen molar-refractivity contribution < 1.29 is 14.6 Å². The van der Waals surface area contributed by atoms with Crippen LogP contribution < -0.4 is 0 Å². The Labute approximate surface area is 119 Å². The number of fused-ring (bicyclic) bond motifs is 1. The summed E-state index contributed by atoms with van der Waals surface area (Å²) in [6.45, 7) is 3.33. The number of benzene rings is 2. The van der Waals surface area contributed by atoms with E-state index in [1.165, 1.54) is 23.0 Å². The number of phenolic OH excluding ortho intramolecular Hbond substituents is 1. The lowest BCUT2D eigenvalue weighted by Gasteiger charge is -2.05. The zero-order chi connectivity index (χ0) is 14.8. The van der Waals surface area contributed by atoms with Crippen molar-refractivity contribution in [2.24, 2.45) is 0 Å². The van der Waals surface area contributed by atoms with Crippen LogP contribution in [0.4, 0.5) is 0 Å². The fourth-order valence-electron chi connectivity index (χ4n) is 1.92. The molecular formula is C15H11N3O3. The van der Waals surface area contributed by atoms with Gasteiger partial charge in [-0.15, -0.1) is 15.0 Å². The van der Waals surface area contributed by atoms with E-state index in [4.69, 9.17) is 4.74 Å². The minimum atomic E-state index is -0.567. The molecule has 21 heavy (non-hydrogen) atoms. The predicted octanol–water partition coefficient (Wildman–Crippen LogP) is 2.43. The van der Waals surface area contributed by atoms with Gasteiger partial charge >= 0.3 is 5.97 Å². The Morgan fingerprint density at radius 3 is 2.48 bits per heavy atom. The van der Waals surface area contributed by atoms with Gasteiger partial charge < -0.3 is 9.84 Å². The zero-order valence-electron chi connectivity index (χ0n) is 10.9. The van der Waals surface area contributed by atoms with E-state index in [1.807, 2.05) is 24.3 Å². The van der Waals surface area contributed by atoms with Crippen LogP contribution in [0, 0.1) is 0 Å². The summed E-state index contributed by atoms with van der Waals surface area (Å²) in [7, 11) is 0. The molecule has 0 saturated carbocycles. The lowest BCUT2D eigenvalue weighted by atomic mass is 10.2. The molecule has 3 rings (SSSR count). The van der Waals surface area contributed by atoms with E-state index >= 15 is 0 Å². The molecule has 0 amide bonds. The number of rotatable bonds is 3. The highest BCUT2D eigenvalue weighted by atomic mass is 16.5. The quantitative estimate of drug-likeness (QED) is 0.589. The first-order valence-corrected chi connectivity index (χ1v) is 6.16. The molecule has 3 aromatic rings. The lowest BCUT2D eigenvalue weighted by Crippen LogP contribution is -2.04. The minimum absolute atomic E-state index is 0.0366. The second-order valence-corrected chi connectivity index (χ2v) is 4.25. The Morgan fingerprint density at radius 2 is 1.86 bits per heavy atom. The number of hydrogen-bond acceptors (Lipinski definition) is 5. The first-order valence-electron chi connectivity index (χ1n) is 6.16. The fourth-order valence-corrected chi connectivity index (χ4v) is 1.92. The zero-order valence-corrected chi connectivity index (χ0v) is 10.9. The normalized spacial score (nSPS) is 10.5. The van der Waals surface area contributed by atoms with E-state index < -0.39 is 5.97 Å². The first kappa shape index (κ1) is 12.9. The molecule has 6 nitrogen and oxygen atoms in total. The average Bonchev–Trinajstić information content (AvgIpc) is 2.91. The van der Waals surface area contributed by atoms with Gasteiger partial charge in [-0.25, -0.2) is 4.79 Å². The standard InChI is InChI=1S/C15H11N3O3/c1-2-21-15(20)10-7-8-14(19)13(9-10)18-16-11-5-3-4-6-12(11)17-18/h2-9,19H,1H2. The van der Waals surface area contributed by atoms with Gasteiger partial charge in [0.25, 0.3) is 0 Å². The second kappa shape index (κ2) is 5.09. The molecule has 0 aliphatic rings. The summed E-state index contributed by atoms with van der Waals surface area (Å²) in [4.78, 5) is 13.0. The molecule has 0 aliphatic carbocycles. The molecule has 104 valence electrons. The highest BCUT2D eigenvalue weighted by Crippen LogP contribution is 2.23. The number of esters is 1. The summed E-state index contributed by atoms with van der Waals surface area (Å²) in [5, 5.41) is 18.5. The molecule has 0 atom stereocenters. The van der Waals surface area contributed by atoms with Crippen LogP contribution in [-0.4, -0.2) is 26.1 Å². The van der Waals surface area contributed by atoms with Crippen LogP contribution >= 0.6 is 0 Å². The third-order valence-corrected chi connectivity index (χ3v) is 2.90.